The molecule has 0 aromatic rings. The highest BCUT2D eigenvalue weighted by Gasteiger charge is 2.22. The monoisotopic (exact) mass is 936 g/mol. The van der Waals surface area contributed by atoms with Crippen molar-refractivity contribution in [3.63, 3.8) is 0 Å². The number of carboxylic acids is 1. The van der Waals surface area contributed by atoms with Crippen molar-refractivity contribution in [3.05, 3.63) is 12.2 Å². The molecule has 66 heavy (non-hydrogen) atoms. The van der Waals surface area contributed by atoms with Crippen molar-refractivity contribution < 1.29 is 42.9 Å². The van der Waals surface area contributed by atoms with Crippen LogP contribution in [0, 0.1) is 0 Å². The van der Waals surface area contributed by atoms with Crippen molar-refractivity contribution in [1.29, 1.82) is 0 Å². The smallest absolute Gasteiger partial charge is 0.306 e. The molecule has 2 atom stereocenters. The summed E-state index contributed by atoms with van der Waals surface area (Å²) in [6.07, 6.45) is 52.8. The van der Waals surface area contributed by atoms with Crippen LogP contribution in [0.3, 0.4) is 0 Å². The van der Waals surface area contributed by atoms with Crippen LogP contribution in [0.25, 0.3) is 0 Å². The van der Waals surface area contributed by atoms with Gasteiger partial charge in [0.2, 0.25) is 0 Å². The summed E-state index contributed by atoms with van der Waals surface area (Å²) in [6, 6.07) is 0. The van der Waals surface area contributed by atoms with Crippen LogP contribution in [-0.4, -0.2) is 82.3 Å². The molecule has 0 fully saturated rings. The number of unbranched alkanes of at least 4 members (excludes halogenated alkanes) is 36. The molecule has 9 heteroatoms. The van der Waals surface area contributed by atoms with Crippen LogP contribution >= 0.6 is 0 Å². The zero-order valence-corrected chi connectivity index (χ0v) is 44.3. The van der Waals surface area contributed by atoms with E-state index in [4.69, 9.17) is 18.9 Å². The molecule has 0 rings (SSSR count). The summed E-state index contributed by atoms with van der Waals surface area (Å²) in [5, 5.41) is 11.7. The molecule has 0 bridgehead atoms. The molecule has 0 radical (unpaired) electrons. The maximum absolute atomic E-state index is 12.8. The molecule has 0 aromatic heterocycles. The minimum atomic E-state index is -1.61. The Labute approximate surface area is 408 Å². The zero-order valence-electron chi connectivity index (χ0n) is 44.3. The van der Waals surface area contributed by atoms with Gasteiger partial charge in [-0.15, -0.1) is 0 Å². The lowest BCUT2D eigenvalue weighted by Gasteiger charge is -2.26. The maximum atomic E-state index is 12.8. The lowest BCUT2D eigenvalue weighted by atomic mass is 10.0. The second-order valence-corrected chi connectivity index (χ2v) is 20.6. The Morgan fingerprint density at radius 2 is 0.773 bits per heavy atom. The van der Waals surface area contributed by atoms with Gasteiger partial charge < -0.3 is 33.3 Å². The molecule has 0 spiro atoms. The van der Waals surface area contributed by atoms with Crippen molar-refractivity contribution in [2.45, 2.75) is 289 Å². The first-order valence-electron chi connectivity index (χ1n) is 28.3. The summed E-state index contributed by atoms with van der Waals surface area (Å²) >= 11 is 0. The minimum Gasteiger partial charge on any atom is -0.545 e. The molecule has 0 aliphatic rings. The van der Waals surface area contributed by atoms with E-state index in [1.54, 1.807) is 0 Å². The maximum Gasteiger partial charge on any atom is 0.306 e. The molecule has 9 nitrogen and oxygen atoms in total. The van der Waals surface area contributed by atoms with Crippen molar-refractivity contribution in [2.24, 2.45) is 0 Å². The van der Waals surface area contributed by atoms with Crippen LogP contribution in [0.2, 0.25) is 0 Å². The van der Waals surface area contributed by atoms with Crippen molar-refractivity contribution in [2.75, 3.05) is 47.5 Å². The molecule has 0 N–H and O–H groups in total. The summed E-state index contributed by atoms with van der Waals surface area (Å²) in [5.41, 5.74) is 0. The molecule has 0 aliphatic carbocycles. The first-order valence-corrected chi connectivity index (χ1v) is 28.3. The van der Waals surface area contributed by atoms with Gasteiger partial charge in [0.1, 0.15) is 13.2 Å². The van der Waals surface area contributed by atoms with Gasteiger partial charge in [-0.05, 0) is 38.5 Å². The normalized spacial score (nSPS) is 12.8. The Kier molecular flexibility index (Phi) is 48.0. The van der Waals surface area contributed by atoms with Gasteiger partial charge in [0.15, 0.2) is 12.4 Å². The number of hydrogen-bond acceptors (Lipinski definition) is 8. The number of carbonyl (C=O) groups excluding carboxylic acids is 3. The predicted molar refractivity (Wildman–Crippen MR) is 274 cm³/mol. The number of ether oxygens (including phenoxy) is 4. The first kappa shape index (κ1) is 64.0. The fourth-order valence-electron chi connectivity index (χ4n) is 8.36. The second kappa shape index (κ2) is 49.5. The highest BCUT2D eigenvalue weighted by atomic mass is 16.7. The lowest BCUT2D eigenvalue weighted by molar-refractivity contribution is -0.870. The van der Waals surface area contributed by atoms with E-state index in [-0.39, 0.29) is 32.2 Å². The third kappa shape index (κ3) is 49.9. The number of rotatable bonds is 53. The molecule has 390 valence electrons. The van der Waals surface area contributed by atoms with E-state index in [1.165, 1.54) is 212 Å². The fourth-order valence-corrected chi connectivity index (χ4v) is 8.36. The summed E-state index contributed by atoms with van der Waals surface area (Å²) < 4.78 is 22.6. The van der Waals surface area contributed by atoms with E-state index in [0.29, 0.717) is 17.4 Å². The number of carbonyl (C=O) groups is 3. The Morgan fingerprint density at radius 3 is 1.12 bits per heavy atom. The summed E-state index contributed by atoms with van der Waals surface area (Å²) in [5.74, 6) is -2.26. The van der Waals surface area contributed by atoms with Crippen LogP contribution in [-0.2, 0) is 33.3 Å². The van der Waals surface area contributed by atoms with Gasteiger partial charge in [-0.25, -0.2) is 0 Å². The summed E-state index contributed by atoms with van der Waals surface area (Å²) in [6.45, 7) is 4.77. The highest BCUT2D eigenvalue weighted by Crippen LogP contribution is 2.17. The van der Waals surface area contributed by atoms with E-state index < -0.39 is 24.3 Å². The fraction of sp³-hybridized carbons (Fsp3) is 0.912. The molecule has 0 saturated heterocycles. The van der Waals surface area contributed by atoms with E-state index in [9.17, 15) is 19.5 Å². The zero-order chi connectivity index (χ0) is 48.4. The number of allylic oxidation sites excluding steroid dienone is 2. The quantitative estimate of drug-likeness (QED) is 0.0195. The Hall–Kier alpha value is -1.97. The molecule has 0 aromatic carbocycles. The van der Waals surface area contributed by atoms with Gasteiger partial charge in [-0.3, -0.25) is 9.59 Å². The third-order valence-corrected chi connectivity index (χ3v) is 12.8. The number of carboxylic acid groups (broad SMARTS) is 1. The molecule has 2 unspecified atom stereocenters. The van der Waals surface area contributed by atoms with E-state index in [1.807, 2.05) is 21.1 Å². The van der Waals surface area contributed by atoms with Crippen LogP contribution in [0.5, 0.6) is 0 Å². The van der Waals surface area contributed by atoms with E-state index >= 15 is 0 Å². The largest absolute Gasteiger partial charge is 0.545 e. The van der Waals surface area contributed by atoms with Crippen LogP contribution in [0.15, 0.2) is 12.2 Å². The number of nitrogens with zero attached hydrogens (tertiary/aromatic N) is 1. The summed E-state index contributed by atoms with van der Waals surface area (Å²) in [4.78, 5) is 37.1. The Morgan fingerprint density at radius 1 is 0.439 bits per heavy atom. The number of hydrogen-bond donors (Lipinski definition) is 0. The van der Waals surface area contributed by atoms with Crippen molar-refractivity contribution in [3.8, 4) is 0 Å². The average Bonchev–Trinajstić information content (AvgIpc) is 3.28. The van der Waals surface area contributed by atoms with Gasteiger partial charge in [0.25, 0.3) is 0 Å². The second-order valence-electron chi connectivity index (χ2n) is 20.6. The van der Waals surface area contributed by atoms with Crippen molar-refractivity contribution in [1.82, 2.24) is 0 Å². The standard InChI is InChI=1S/C57H109NO8/c1-6-8-10-12-14-16-18-19-20-21-22-23-24-25-26-27-28-29-30-31-32-33-34-35-36-37-38-40-42-44-46-48-55(60)66-53(52-65-57(56(61)62)63-50-49-58(3,4)5)51-64-54(59)47-45-43-41-39-17-15-13-11-9-7-2/h21-22,53,57H,6-20,23-52H2,1-5H3/b22-21-. The predicted octanol–water partition coefficient (Wildman–Crippen LogP) is 14.8. The summed E-state index contributed by atoms with van der Waals surface area (Å²) in [7, 11) is 5.92. The number of quaternary nitrogens is 1. The first-order chi connectivity index (χ1) is 32.1. The topological polar surface area (TPSA) is 111 Å². The van der Waals surface area contributed by atoms with Crippen LogP contribution < -0.4 is 5.11 Å². The molecule has 0 amide bonds. The van der Waals surface area contributed by atoms with E-state index in [2.05, 4.69) is 26.0 Å². The van der Waals surface area contributed by atoms with Gasteiger partial charge >= 0.3 is 11.9 Å². The van der Waals surface area contributed by atoms with Gasteiger partial charge in [-0.2, -0.15) is 0 Å². The van der Waals surface area contributed by atoms with Crippen LogP contribution in [0.4, 0.5) is 0 Å². The third-order valence-electron chi connectivity index (χ3n) is 12.8. The van der Waals surface area contributed by atoms with Crippen LogP contribution in [0.1, 0.15) is 277 Å². The minimum absolute atomic E-state index is 0.152. The molecular formula is C57H109NO8. The lowest BCUT2D eigenvalue weighted by Crippen LogP contribution is -2.44. The molecule has 0 saturated carbocycles. The van der Waals surface area contributed by atoms with Gasteiger partial charge in [0.05, 0.1) is 40.3 Å². The van der Waals surface area contributed by atoms with Gasteiger partial charge in [-0.1, -0.05) is 238 Å². The number of esters is 2. The number of likely N-dealkylation sites (N-methyl/N-ethyl adjacent to an activating group) is 1. The van der Waals surface area contributed by atoms with Gasteiger partial charge in [0, 0.05) is 12.8 Å². The highest BCUT2D eigenvalue weighted by molar-refractivity contribution is 5.70. The molecule has 0 aliphatic heterocycles. The van der Waals surface area contributed by atoms with Crippen molar-refractivity contribution >= 4 is 17.9 Å². The SMILES string of the molecule is CCCCCCCCCC/C=C\CCCCCCCCCCCCCCCCCCCCCC(=O)OC(COC(=O)CCCCCCCCCCCC)COC(OCC[N+](C)(C)C)C(=O)[O-]. The Bertz CT molecular complexity index is 1090. The van der Waals surface area contributed by atoms with E-state index in [0.717, 1.165) is 38.5 Å². The Balaban J connectivity index is 4.02. The molecule has 0 heterocycles. The number of aliphatic carboxylic acids is 1. The average molecular weight is 936 g/mol. The molecular weight excluding hydrogens is 827 g/mol.